The standard InChI is InChI=1S/C14H10BrFN2O/c1-19-12-6-5-9(16)8-10(12)14-17-13(15)11-4-2-3-7-18(11)14/h2-8H,1H3. The Kier molecular flexibility index (Phi) is 2.98. The lowest BCUT2D eigenvalue weighted by atomic mass is 10.2. The van der Waals surface area contributed by atoms with E-state index in [1.54, 1.807) is 13.2 Å². The van der Waals surface area contributed by atoms with Crippen LogP contribution in [0.3, 0.4) is 0 Å². The molecule has 1 aromatic carbocycles. The van der Waals surface area contributed by atoms with Crippen LogP contribution in [0.5, 0.6) is 5.75 Å². The van der Waals surface area contributed by atoms with Crippen LogP contribution in [0, 0.1) is 5.82 Å². The van der Waals surface area contributed by atoms with Crippen molar-refractivity contribution in [3.05, 3.63) is 53.0 Å². The number of fused-ring (bicyclic) bond motifs is 1. The normalized spacial score (nSPS) is 10.9. The van der Waals surface area contributed by atoms with Gasteiger partial charge in [-0.1, -0.05) is 6.07 Å². The molecule has 0 unspecified atom stereocenters. The fourth-order valence-electron chi connectivity index (χ4n) is 2.04. The molecule has 3 nitrogen and oxygen atoms in total. The molecule has 0 saturated carbocycles. The quantitative estimate of drug-likeness (QED) is 0.715. The number of rotatable bonds is 2. The largest absolute Gasteiger partial charge is 0.496 e. The van der Waals surface area contributed by atoms with E-state index in [0.717, 1.165) is 10.1 Å². The minimum Gasteiger partial charge on any atom is -0.496 e. The fraction of sp³-hybridized carbons (Fsp3) is 0.0714. The molecule has 0 spiro atoms. The summed E-state index contributed by atoms with van der Waals surface area (Å²) < 4.78 is 21.4. The second kappa shape index (κ2) is 4.66. The van der Waals surface area contributed by atoms with Crippen molar-refractivity contribution in [1.29, 1.82) is 0 Å². The average molecular weight is 321 g/mol. The molecule has 2 aromatic heterocycles. The first-order valence-corrected chi connectivity index (χ1v) is 6.46. The van der Waals surface area contributed by atoms with Gasteiger partial charge >= 0.3 is 0 Å². The lowest BCUT2D eigenvalue weighted by Crippen LogP contribution is -1.93. The van der Waals surface area contributed by atoms with Gasteiger partial charge < -0.3 is 4.74 Å². The Labute approximate surface area is 117 Å². The highest BCUT2D eigenvalue weighted by Gasteiger charge is 2.15. The van der Waals surface area contributed by atoms with E-state index in [2.05, 4.69) is 20.9 Å². The number of benzene rings is 1. The van der Waals surface area contributed by atoms with Crippen LogP contribution in [0.25, 0.3) is 16.9 Å². The Bertz CT molecular complexity index is 754. The molecule has 0 aliphatic carbocycles. The number of imidazole rings is 1. The van der Waals surface area contributed by atoms with E-state index in [0.29, 0.717) is 17.1 Å². The van der Waals surface area contributed by atoms with Gasteiger partial charge in [-0.25, -0.2) is 9.37 Å². The summed E-state index contributed by atoms with van der Waals surface area (Å²) in [5, 5.41) is 0. The molecule has 3 aromatic rings. The van der Waals surface area contributed by atoms with Crippen molar-refractivity contribution < 1.29 is 9.13 Å². The van der Waals surface area contributed by atoms with E-state index in [1.165, 1.54) is 12.1 Å². The third kappa shape index (κ3) is 2.00. The van der Waals surface area contributed by atoms with Crippen molar-refractivity contribution in [3.8, 4) is 17.1 Å². The van der Waals surface area contributed by atoms with Crippen molar-refractivity contribution in [2.75, 3.05) is 7.11 Å². The predicted octanol–water partition coefficient (Wildman–Crippen LogP) is 3.91. The summed E-state index contributed by atoms with van der Waals surface area (Å²) in [5.74, 6) is 0.906. The topological polar surface area (TPSA) is 26.5 Å². The van der Waals surface area contributed by atoms with Gasteiger partial charge in [-0.05, 0) is 46.3 Å². The average Bonchev–Trinajstić information content (AvgIpc) is 2.77. The van der Waals surface area contributed by atoms with E-state index in [-0.39, 0.29) is 5.82 Å². The second-order valence-corrected chi connectivity index (χ2v) is 4.78. The maximum atomic E-state index is 13.5. The molecule has 0 bridgehead atoms. The number of halogens is 2. The van der Waals surface area contributed by atoms with Crippen LogP contribution < -0.4 is 4.74 Å². The number of ether oxygens (including phenoxy) is 1. The number of methoxy groups -OCH3 is 1. The Hall–Kier alpha value is -1.88. The van der Waals surface area contributed by atoms with Gasteiger partial charge in [-0.2, -0.15) is 0 Å². The molecule has 96 valence electrons. The van der Waals surface area contributed by atoms with Crippen molar-refractivity contribution in [2.24, 2.45) is 0 Å². The van der Waals surface area contributed by atoms with Gasteiger partial charge in [0.2, 0.25) is 0 Å². The van der Waals surface area contributed by atoms with Gasteiger partial charge in [0, 0.05) is 6.20 Å². The Morgan fingerprint density at radius 1 is 1.26 bits per heavy atom. The van der Waals surface area contributed by atoms with Crippen molar-refractivity contribution >= 4 is 21.4 Å². The van der Waals surface area contributed by atoms with Gasteiger partial charge in [0.1, 0.15) is 22.0 Å². The molecule has 19 heavy (non-hydrogen) atoms. The Morgan fingerprint density at radius 2 is 2.11 bits per heavy atom. The molecule has 0 N–H and O–H groups in total. The molecule has 2 heterocycles. The second-order valence-electron chi connectivity index (χ2n) is 4.03. The number of hydrogen-bond donors (Lipinski definition) is 0. The van der Waals surface area contributed by atoms with Gasteiger partial charge in [0.25, 0.3) is 0 Å². The molecule has 3 rings (SSSR count). The summed E-state index contributed by atoms with van der Waals surface area (Å²) in [7, 11) is 1.56. The summed E-state index contributed by atoms with van der Waals surface area (Å²) in [6.45, 7) is 0. The molecule has 0 fully saturated rings. The minimum atomic E-state index is -0.320. The van der Waals surface area contributed by atoms with Crippen LogP contribution in [0.1, 0.15) is 0 Å². The van der Waals surface area contributed by atoms with Crippen LogP contribution in [0.15, 0.2) is 47.2 Å². The Morgan fingerprint density at radius 3 is 2.89 bits per heavy atom. The third-order valence-corrected chi connectivity index (χ3v) is 3.49. The zero-order valence-corrected chi connectivity index (χ0v) is 11.7. The monoisotopic (exact) mass is 320 g/mol. The highest BCUT2D eigenvalue weighted by Crippen LogP contribution is 2.32. The molecule has 0 radical (unpaired) electrons. The molecule has 0 saturated heterocycles. The molecule has 0 aliphatic rings. The highest BCUT2D eigenvalue weighted by atomic mass is 79.9. The molecule has 0 atom stereocenters. The summed E-state index contributed by atoms with van der Waals surface area (Å²) >= 11 is 3.41. The van der Waals surface area contributed by atoms with Crippen LogP contribution in [-0.4, -0.2) is 16.5 Å². The number of hydrogen-bond acceptors (Lipinski definition) is 2. The predicted molar refractivity (Wildman–Crippen MR) is 74.8 cm³/mol. The summed E-state index contributed by atoms with van der Waals surface area (Å²) in [6, 6.07) is 10.2. The summed E-state index contributed by atoms with van der Waals surface area (Å²) in [6.07, 6.45) is 1.88. The summed E-state index contributed by atoms with van der Waals surface area (Å²) in [5.41, 5.74) is 1.54. The maximum Gasteiger partial charge on any atom is 0.149 e. The zero-order chi connectivity index (χ0) is 13.4. The Balaban J connectivity index is 2.33. The van der Waals surface area contributed by atoms with Crippen LogP contribution in [-0.2, 0) is 0 Å². The first-order valence-electron chi connectivity index (χ1n) is 5.67. The van der Waals surface area contributed by atoms with Crippen LogP contribution >= 0.6 is 15.9 Å². The van der Waals surface area contributed by atoms with Gasteiger partial charge in [-0.15, -0.1) is 0 Å². The SMILES string of the molecule is COc1ccc(F)cc1-c1nc(Br)c2ccccn12. The lowest BCUT2D eigenvalue weighted by Gasteiger charge is -2.07. The van der Waals surface area contributed by atoms with Gasteiger partial charge in [-0.3, -0.25) is 4.40 Å². The van der Waals surface area contributed by atoms with E-state index in [9.17, 15) is 4.39 Å². The fourth-order valence-corrected chi connectivity index (χ4v) is 2.54. The maximum absolute atomic E-state index is 13.5. The van der Waals surface area contributed by atoms with Gasteiger partial charge in [0.05, 0.1) is 18.2 Å². The van der Waals surface area contributed by atoms with E-state index >= 15 is 0 Å². The summed E-state index contributed by atoms with van der Waals surface area (Å²) in [4.78, 5) is 4.44. The number of aromatic nitrogens is 2. The van der Waals surface area contributed by atoms with Crippen molar-refractivity contribution in [3.63, 3.8) is 0 Å². The van der Waals surface area contributed by atoms with E-state index < -0.39 is 0 Å². The van der Waals surface area contributed by atoms with E-state index in [1.807, 2.05) is 28.8 Å². The third-order valence-electron chi connectivity index (χ3n) is 2.91. The first kappa shape index (κ1) is 12.2. The van der Waals surface area contributed by atoms with Crippen LogP contribution in [0.2, 0.25) is 0 Å². The molecular weight excluding hydrogens is 311 g/mol. The van der Waals surface area contributed by atoms with Gasteiger partial charge in [0.15, 0.2) is 0 Å². The number of pyridine rings is 1. The zero-order valence-electron chi connectivity index (χ0n) is 10.1. The first-order chi connectivity index (χ1) is 9.20. The smallest absolute Gasteiger partial charge is 0.149 e. The molecular formula is C14H10BrFN2O. The molecule has 0 amide bonds. The minimum absolute atomic E-state index is 0.320. The number of nitrogens with zero attached hydrogens (tertiary/aromatic N) is 2. The van der Waals surface area contributed by atoms with Crippen molar-refractivity contribution in [1.82, 2.24) is 9.38 Å². The van der Waals surface area contributed by atoms with E-state index in [4.69, 9.17) is 4.74 Å². The van der Waals surface area contributed by atoms with Crippen LogP contribution in [0.4, 0.5) is 4.39 Å². The van der Waals surface area contributed by atoms with Crippen molar-refractivity contribution in [2.45, 2.75) is 0 Å². The lowest BCUT2D eigenvalue weighted by molar-refractivity contribution is 0.415. The highest BCUT2D eigenvalue weighted by molar-refractivity contribution is 9.10. The molecule has 5 heteroatoms. The molecule has 0 aliphatic heterocycles.